The van der Waals surface area contributed by atoms with E-state index in [1.54, 1.807) is 48.5 Å². The van der Waals surface area contributed by atoms with Gasteiger partial charge in [-0.05, 0) is 42.0 Å². The van der Waals surface area contributed by atoms with Crippen molar-refractivity contribution in [3.8, 4) is 11.5 Å². The lowest BCUT2D eigenvalue weighted by molar-refractivity contribution is -0.139. The maximum Gasteiger partial charge on any atom is 0.341 e. The van der Waals surface area contributed by atoms with Gasteiger partial charge in [-0.3, -0.25) is 9.59 Å². The Labute approximate surface area is 154 Å². The van der Waals surface area contributed by atoms with Crippen LogP contribution in [0.25, 0.3) is 0 Å². The topological polar surface area (TPSA) is 126 Å². The van der Waals surface area contributed by atoms with Crippen molar-refractivity contribution in [2.45, 2.75) is 0 Å². The fourth-order valence-electron chi connectivity index (χ4n) is 1.94. The van der Waals surface area contributed by atoms with E-state index in [1.165, 1.54) is 13.3 Å². The van der Waals surface area contributed by atoms with Crippen molar-refractivity contribution in [2.75, 3.05) is 19.0 Å². The van der Waals surface area contributed by atoms with Crippen molar-refractivity contribution in [1.29, 1.82) is 0 Å². The number of aliphatic carboxylic acids is 1. The smallest absolute Gasteiger partial charge is 0.341 e. The quantitative estimate of drug-likeness (QED) is 0.382. The molecule has 27 heavy (non-hydrogen) atoms. The highest BCUT2D eigenvalue weighted by molar-refractivity contribution is 6.39. The van der Waals surface area contributed by atoms with Gasteiger partial charge < -0.3 is 19.9 Å². The van der Waals surface area contributed by atoms with Gasteiger partial charge in [-0.15, -0.1) is 0 Å². The minimum Gasteiger partial charge on any atom is -0.495 e. The van der Waals surface area contributed by atoms with Crippen LogP contribution in [0.2, 0.25) is 0 Å². The Morgan fingerprint density at radius 1 is 1.07 bits per heavy atom. The number of benzene rings is 2. The first-order chi connectivity index (χ1) is 13.0. The third kappa shape index (κ3) is 6.16. The highest BCUT2D eigenvalue weighted by Gasteiger charge is 2.14. The van der Waals surface area contributed by atoms with Crippen molar-refractivity contribution >= 4 is 29.7 Å². The predicted octanol–water partition coefficient (Wildman–Crippen LogP) is 1.25. The van der Waals surface area contributed by atoms with Crippen molar-refractivity contribution in [2.24, 2.45) is 5.10 Å². The Hall–Kier alpha value is -3.88. The van der Waals surface area contributed by atoms with E-state index in [1.807, 2.05) is 0 Å². The van der Waals surface area contributed by atoms with Gasteiger partial charge in [-0.2, -0.15) is 5.10 Å². The van der Waals surface area contributed by atoms with E-state index in [0.717, 1.165) is 0 Å². The zero-order valence-corrected chi connectivity index (χ0v) is 14.3. The fraction of sp³-hybridized carbons (Fsp3) is 0.111. The van der Waals surface area contributed by atoms with Crippen LogP contribution in [0.4, 0.5) is 5.69 Å². The van der Waals surface area contributed by atoms with Gasteiger partial charge in [0.25, 0.3) is 0 Å². The number of nitrogens with zero attached hydrogens (tertiary/aromatic N) is 1. The number of anilines is 1. The molecule has 0 spiro atoms. The molecule has 140 valence electrons. The summed E-state index contributed by atoms with van der Waals surface area (Å²) in [6, 6.07) is 13.0. The van der Waals surface area contributed by atoms with Crippen molar-refractivity contribution in [3.05, 3.63) is 54.1 Å². The summed E-state index contributed by atoms with van der Waals surface area (Å²) in [4.78, 5) is 34.1. The van der Waals surface area contributed by atoms with Gasteiger partial charge >= 0.3 is 17.8 Å². The Morgan fingerprint density at radius 3 is 2.44 bits per heavy atom. The lowest BCUT2D eigenvalue weighted by atomic mass is 10.2. The molecule has 2 aromatic rings. The number of methoxy groups -OCH3 is 1. The van der Waals surface area contributed by atoms with Crippen LogP contribution >= 0.6 is 0 Å². The second kappa shape index (κ2) is 9.56. The van der Waals surface area contributed by atoms with E-state index >= 15 is 0 Å². The molecule has 9 nitrogen and oxygen atoms in total. The molecule has 0 unspecified atom stereocenters. The molecule has 0 heterocycles. The molecule has 0 aliphatic carbocycles. The Balaban J connectivity index is 1.87. The first kappa shape index (κ1) is 19.4. The maximum absolute atomic E-state index is 11.9. The Kier molecular flexibility index (Phi) is 6.89. The summed E-state index contributed by atoms with van der Waals surface area (Å²) in [6.45, 7) is -0.440. The van der Waals surface area contributed by atoms with Crippen LogP contribution in [0.5, 0.6) is 11.5 Å². The SMILES string of the molecule is COc1ccccc1NC(=O)C(=O)N/N=C/c1ccc(OCC(=O)O)cc1. The standard InChI is InChI=1S/C18H17N3O6/c1-26-15-5-3-2-4-14(15)20-17(24)18(25)21-19-10-12-6-8-13(9-7-12)27-11-16(22)23/h2-10H,11H2,1H3,(H,20,24)(H,21,25)(H,22,23)/b19-10+. The summed E-state index contributed by atoms with van der Waals surface area (Å²) in [5.41, 5.74) is 3.09. The lowest BCUT2D eigenvalue weighted by Gasteiger charge is -2.08. The van der Waals surface area contributed by atoms with Gasteiger partial charge in [0.1, 0.15) is 11.5 Å². The summed E-state index contributed by atoms with van der Waals surface area (Å²) >= 11 is 0. The normalized spacial score (nSPS) is 10.3. The average Bonchev–Trinajstić information content (AvgIpc) is 2.67. The maximum atomic E-state index is 11.9. The monoisotopic (exact) mass is 371 g/mol. The van der Waals surface area contributed by atoms with Crippen molar-refractivity contribution in [3.63, 3.8) is 0 Å². The summed E-state index contributed by atoms with van der Waals surface area (Å²) in [5, 5.41) is 14.7. The van der Waals surface area contributed by atoms with Gasteiger partial charge in [-0.25, -0.2) is 10.2 Å². The number of para-hydroxylation sites is 2. The number of nitrogens with one attached hydrogen (secondary N) is 2. The van der Waals surface area contributed by atoms with Gasteiger partial charge in [0.15, 0.2) is 6.61 Å². The first-order valence-corrected chi connectivity index (χ1v) is 7.71. The zero-order chi connectivity index (χ0) is 19.6. The molecule has 2 rings (SSSR count). The van der Waals surface area contributed by atoms with E-state index in [-0.39, 0.29) is 0 Å². The van der Waals surface area contributed by atoms with E-state index in [9.17, 15) is 14.4 Å². The minimum atomic E-state index is -1.07. The van der Waals surface area contributed by atoms with Gasteiger partial charge in [0.05, 0.1) is 19.0 Å². The number of carbonyl (C=O) groups excluding carboxylic acids is 2. The highest BCUT2D eigenvalue weighted by Crippen LogP contribution is 2.22. The molecule has 0 aromatic heterocycles. The average molecular weight is 371 g/mol. The van der Waals surface area contributed by atoms with Crippen LogP contribution in [0.3, 0.4) is 0 Å². The second-order valence-corrected chi connectivity index (χ2v) is 5.10. The third-order valence-electron chi connectivity index (χ3n) is 3.18. The predicted molar refractivity (Wildman–Crippen MR) is 96.9 cm³/mol. The van der Waals surface area contributed by atoms with Crippen molar-refractivity contribution < 1.29 is 29.0 Å². The molecule has 0 atom stereocenters. The molecule has 0 saturated carbocycles. The second-order valence-electron chi connectivity index (χ2n) is 5.10. The number of carbonyl (C=O) groups is 3. The van der Waals surface area contributed by atoms with E-state index < -0.39 is 24.4 Å². The number of amides is 2. The molecule has 0 aliphatic heterocycles. The first-order valence-electron chi connectivity index (χ1n) is 7.71. The fourth-order valence-corrected chi connectivity index (χ4v) is 1.94. The van der Waals surface area contributed by atoms with E-state index in [4.69, 9.17) is 14.6 Å². The number of ether oxygens (including phenoxy) is 2. The number of hydrogen-bond donors (Lipinski definition) is 3. The summed E-state index contributed by atoms with van der Waals surface area (Å²) in [5.74, 6) is -2.11. The van der Waals surface area contributed by atoms with Crippen LogP contribution in [0, 0.1) is 0 Å². The number of carboxylic acid groups (broad SMARTS) is 1. The van der Waals surface area contributed by atoms with Gasteiger partial charge in [0.2, 0.25) is 0 Å². The Morgan fingerprint density at radius 2 is 1.78 bits per heavy atom. The number of carboxylic acids is 1. The lowest BCUT2D eigenvalue weighted by Crippen LogP contribution is -2.32. The van der Waals surface area contributed by atoms with E-state index in [2.05, 4.69) is 15.8 Å². The molecule has 2 amide bonds. The van der Waals surface area contributed by atoms with Crippen molar-refractivity contribution in [1.82, 2.24) is 5.43 Å². The third-order valence-corrected chi connectivity index (χ3v) is 3.18. The molecule has 3 N–H and O–H groups in total. The summed E-state index contributed by atoms with van der Waals surface area (Å²) in [6.07, 6.45) is 1.33. The molecule has 0 radical (unpaired) electrons. The van der Waals surface area contributed by atoms with Crippen LogP contribution < -0.4 is 20.2 Å². The van der Waals surface area contributed by atoms with Gasteiger partial charge in [0, 0.05) is 0 Å². The molecular weight excluding hydrogens is 354 g/mol. The largest absolute Gasteiger partial charge is 0.495 e. The summed E-state index contributed by atoms with van der Waals surface area (Å²) < 4.78 is 10.1. The van der Waals surface area contributed by atoms with Crippen LogP contribution in [-0.4, -0.2) is 42.8 Å². The van der Waals surface area contributed by atoms with Crippen LogP contribution in [0.1, 0.15) is 5.56 Å². The van der Waals surface area contributed by atoms with E-state index in [0.29, 0.717) is 22.7 Å². The summed E-state index contributed by atoms with van der Waals surface area (Å²) in [7, 11) is 1.45. The molecule has 0 fully saturated rings. The highest BCUT2D eigenvalue weighted by atomic mass is 16.5. The van der Waals surface area contributed by atoms with Gasteiger partial charge in [-0.1, -0.05) is 12.1 Å². The Bertz CT molecular complexity index is 848. The number of hydrazone groups is 1. The minimum absolute atomic E-state index is 0.362. The van der Waals surface area contributed by atoms with Crippen LogP contribution in [-0.2, 0) is 14.4 Å². The molecule has 0 aliphatic rings. The van der Waals surface area contributed by atoms with Crippen LogP contribution in [0.15, 0.2) is 53.6 Å². The number of hydrogen-bond acceptors (Lipinski definition) is 6. The molecule has 0 saturated heterocycles. The number of rotatable bonds is 7. The molecule has 0 bridgehead atoms. The zero-order valence-electron chi connectivity index (χ0n) is 14.3. The molecule has 9 heteroatoms. The molecular formula is C18H17N3O6. The molecule has 2 aromatic carbocycles.